The van der Waals surface area contributed by atoms with E-state index in [1.165, 1.54) is 11.1 Å². The predicted octanol–water partition coefficient (Wildman–Crippen LogP) is 1.79. The van der Waals surface area contributed by atoms with Crippen LogP contribution >= 0.6 is 0 Å². The molecule has 0 aliphatic heterocycles. The van der Waals surface area contributed by atoms with Gasteiger partial charge in [0, 0.05) is 6.04 Å². The predicted molar refractivity (Wildman–Crippen MR) is 71.1 cm³/mol. The van der Waals surface area contributed by atoms with Crippen molar-refractivity contribution in [3.05, 3.63) is 35.4 Å². The van der Waals surface area contributed by atoms with Gasteiger partial charge in [0.1, 0.15) is 0 Å². The van der Waals surface area contributed by atoms with Crippen molar-refractivity contribution in [3.63, 3.8) is 0 Å². The summed E-state index contributed by atoms with van der Waals surface area (Å²) in [5.74, 6) is 0.344. The lowest BCUT2D eigenvalue weighted by atomic mass is 10.0. The van der Waals surface area contributed by atoms with E-state index in [0.29, 0.717) is 24.9 Å². The SMILES string of the molecule is CC1Cc2ccccc2C1NCCCS(=O)(=O)O. The second kappa shape index (κ2) is 5.38. The monoisotopic (exact) mass is 269 g/mol. The van der Waals surface area contributed by atoms with Gasteiger partial charge in [-0.3, -0.25) is 4.55 Å². The van der Waals surface area contributed by atoms with Crippen molar-refractivity contribution in [2.45, 2.75) is 25.8 Å². The molecule has 0 saturated carbocycles. The maximum Gasteiger partial charge on any atom is 0.264 e. The number of nitrogens with one attached hydrogen (secondary N) is 1. The molecule has 1 aromatic carbocycles. The van der Waals surface area contributed by atoms with Gasteiger partial charge in [-0.1, -0.05) is 31.2 Å². The molecule has 2 rings (SSSR count). The van der Waals surface area contributed by atoms with Crippen LogP contribution in [0.25, 0.3) is 0 Å². The van der Waals surface area contributed by atoms with Crippen molar-refractivity contribution in [2.75, 3.05) is 12.3 Å². The van der Waals surface area contributed by atoms with E-state index in [9.17, 15) is 8.42 Å². The molecule has 0 amide bonds. The summed E-state index contributed by atoms with van der Waals surface area (Å²) in [5.41, 5.74) is 2.69. The van der Waals surface area contributed by atoms with Gasteiger partial charge in [0.25, 0.3) is 10.1 Å². The van der Waals surface area contributed by atoms with Gasteiger partial charge >= 0.3 is 0 Å². The van der Waals surface area contributed by atoms with E-state index < -0.39 is 10.1 Å². The Balaban J connectivity index is 1.90. The van der Waals surface area contributed by atoms with E-state index >= 15 is 0 Å². The van der Waals surface area contributed by atoms with Crippen LogP contribution in [0.1, 0.15) is 30.5 Å². The fraction of sp³-hybridized carbons (Fsp3) is 0.538. The van der Waals surface area contributed by atoms with Crippen molar-refractivity contribution in [2.24, 2.45) is 5.92 Å². The maximum atomic E-state index is 10.6. The van der Waals surface area contributed by atoms with Gasteiger partial charge in [0.05, 0.1) is 5.75 Å². The average Bonchev–Trinajstić information content (AvgIpc) is 2.59. The maximum absolute atomic E-state index is 10.6. The number of hydrogen-bond acceptors (Lipinski definition) is 3. The lowest BCUT2D eigenvalue weighted by molar-refractivity contribution is 0.415. The molecule has 18 heavy (non-hydrogen) atoms. The van der Waals surface area contributed by atoms with Gasteiger partial charge in [0.15, 0.2) is 0 Å². The summed E-state index contributed by atoms with van der Waals surface area (Å²) in [6, 6.07) is 8.64. The zero-order valence-electron chi connectivity index (χ0n) is 10.5. The van der Waals surface area contributed by atoms with Crippen molar-refractivity contribution in [1.29, 1.82) is 0 Å². The number of benzene rings is 1. The molecule has 0 aromatic heterocycles. The van der Waals surface area contributed by atoms with Gasteiger partial charge < -0.3 is 5.32 Å². The minimum atomic E-state index is -3.83. The number of fused-ring (bicyclic) bond motifs is 1. The second-order valence-electron chi connectivity index (χ2n) is 4.95. The van der Waals surface area contributed by atoms with Crippen molar-refractivity contribution in [1.82, 2.24) is 5.32 Å². The van der Waals surface area contributed by atoms with Gasteiger partial charge in [-0.25, -0.2) is 0 Å². The zero-order valence-corrected chi connectivity index (χ0v) is 11.3. The lowest BCUT2D eigenvalue weighted by Gasteiger charge is -2.18. The van der Waals surface area contributed by atoms with Gasteiger partial charge in [-0.05, 0) is 36.4 Å². The quantitative estimate of drug-likeness (QED) is 0.632. The minimum Gasteiger partial charge on any atom is -0.310 e. The summed E-state index contributed by atoms with van der Waals surface area (Å²) in [6.07, 6.45) is 1.50. The van der Waals surface area contributed by atoms with Crippen molar-refractivity contribution in [3.8, 4) is 0 Å². The fourth-order valence-electron chi connectivity index (χ4n) is 2.62. The van der Waals surface area contributed by atoms with Crippen LogP contribution in [0.4, 0.5) is 0 Å². The molecule has 2 N–H and O–H groups in total. The van der Waals surface area contributed by atoms with Gasteiger partial charge in [-0.15, -0.1) is 0 Å². The van der Waals surface area contributed by atoms with E-state index in [1.807, 2.05) is 12.1 Å². The Morgan fingerprint density at radius 3 is 2.83 bits per heavy atom. The first-order valence-electron chi connectivity index (χ1n) is 6.24. The Morgan fingerprint density at radius 2 is 2.11 bits per heavy atom. The first kappa shape index (κ1) is 13.5. The van der Waals surface area contributed by atoms with E-state index in [1.54, 1.807) is 0 Å². The van der Waals surface area contributed by atoms with Crippen molar-refractivity contribution < 1.29 is 13.0 Å². The smallest absolute Gasteiger partial charge is 0.264 e. The Hall–Kier alpha value is -0.910. The molecule has 0 heterocycles. The topological polar surface area (TPSA) is 66.4 Å². The summed E-state index contributed by atoms with van der Waals surface area (Å²) in [5, 5.41) is 3.38. The standard InChI is InChI=1S/C13H19NO3S/c1-10-9-11-5-2-3-6-12(11)13(10)14-7-4-8-18(15,16)17/h2-3,5-6,10,13-14H,4,7-9H2,1H3,(H,15,16,17). The van der Waals surface area contributed by atoms with Crippen LogP contribution in [0.3, 0.4) is 0 Å². The molecule has 0 radical (unpaired) electrons. The summed E-state index contributed by atoms with van der Waals surface area (Å²) in [4.78, 5) is 0. The molecule has 4 nitrogen and oxygen atoms in total. The van der Waals surface area contributed by atoms with E-state index in [4.69, 9.17) is 4.55 Å². The molecule has 5 heteroatoms. The molecule has 0 saturated heterocycles. The van der Waals surface area contributed by atoms with Gasteiger partial charge in [0.2, 0.25) is 0 Å². The molecule has 2 unspecified atom stereocenters. The van der Waals surface area contributed by atoms with Crippen LogP contribution in [0.2, 0.25) is 0 Å². The first-order chi connectivity index (χ1) is 8.47. The third-order valence-electron chi connectivity index (χ3n) is 3.44. The Kier molecular flexibility index (Phi) is 4.04. The first-order valence-corrected chi connectivity index (χ1v) is 7.84. The summed E-state index contributed by atoms with van der Waals surface area (Å²) < 4.78 is 29.9. The van der Waals surface area contributed by atoms with Crippen LogP contribution < -0.4 is 5.32 Å². The highest BCUT2D eigenvalue weighted by Crippen LogP contribution is 2.35. The fourth-order valence-corrected chi connectivity index (χ4v) is 3.13. The molecular weight excluding hydrogens is 250 g/mol. The third-order valence-corrected chi connectivity index (χ3v) is 4.25. The third kappa shape index (κ3) is 3.31. The Bertz CT molecular complexity index is 513. The highest BCUT2D eigenvalue weighted by molar-refractivity contribution is 7.85. The Morgan fingerprint density at radius 1 is 1.39 bits per heavy atom. The zero-order chi connectivity index (χ0) is 13.2. The van der Waals surface area contributed by atoms with Crippen LogP contribution in [-0.2, 0) is 16.5 Å². The molecule has 1 aliphatic rings. The normalized spacial score (nSPS) is 23.0. The van der Waals surface area contributed by atoms with Crippen LogP contribution in [0.5, 0.6) is 0 Å². The lowest BCUT2D eigenvalue weighted by Crippen LogP contribution is -2.26. The second-order valence-corrected chi connectivity index (χ2v) is 6.52. The van der Waals surface area contributed by atoms with Crippen LogP contribution in [0, 0.1) is 5.92 Å². The Labute approximate surface area is 108 Å². The van der Waals surface area contributed by atoms with E-state index in [-0.39, 0.29) is 5.75 Å². The molecule has 0 spiro atoms. The van der Waals surface area contributed by atoms with Crippen LogP contribution in [-0.4, -0.2) is 25.3 Å². The number of hydrogen-bond donors (Lipinski definition) is 2. The molecule has 2 atom stereocenters. The van der Waals surface area contributed by atoms with Crippen LogP contribution in [0.15, 0.2) is 24.3 Å². The number of rotatable bonds is 5. The van der Waals surface area contributed by atoms with E-state index in [0.717, 1.165) is 6.42 Å². The summed E-state index contributed by atoms with van der Waals surface area (Å²) >= 11 is 0. The van der Waals surface area contributed by atoms with Crippen molar-refractivity contribution >= 4 is 10.1 Å². The highest BCUT2D eigenvalue weighted by Gasteiger charge is 2.28. The largest absolute Gasteiger partial charge is 0.310 e. The minimum absolute atomic E-state index is 0.178. The molecular formula is C13H19NO3S. The molecule has 0 bridgehead atoms. The van der Waals surface area contributed by atoms with Gasteiger partial charge in [-0.2, -0.15) is 8.42 Å². The average molecular weight is 269 g/mol. The molecule has 100 valence electrons. The molecule has 0 fully saturated rings. The van der Waals surface area contributed by atoms with E-state index in [2.05, 4.69) is 24.4 Å². The summed E-state index contributed by atoms with van der Waals surface area (Å²) in [7, 11) is -3.83. The molecule has 1 aromatic rings. The summed E-state index contributed by atoms with van der Waals surface area (Å²) in [6.45, 7) is 2.80. The molecule has 1 aliphatic carbocycles. The highest BCUT2D eigenvalue weighted by atomic mass is 32.2.